The first-order valence-electron chi connectivity index (χ1n) is 12.2. The van der Waals surface area contributed by atoms with Crippen molar-refractivity contribution < 1.29 is 23.8 Å². The van der Waals surface area contributed by atoms with E-state index >= 15 is 0 Å². The van der Waals surface area contributed by atoms with E-state index in [1.807, 2.05) is 6.92 Å². The molecule has 2 atom stereocenters. The maximum atomic E-state index is 14.2. The highest BCUT2D eigenvalue weighted by molar-refractivity contribution is 5.98. The molecule has 0 bridgehead atoms. The standard InChI is InChI=1S/C25H33FN4O4/c1-2-25(33,19-10-11-21(26)22(13-19)34-15-17-7-8-17)16-30-20(14-27-29-30)6-4-3-5-18-9-12-23(31)28-24(18)32/h10-11,13-14,17-18,33H,2-9,12,15-16H2,1H3,(H,28,31,32). The van der Waals surface area contributed by atoms with Crippen LogP contribution in [-0.2, 0) is 28.2 Å². The molecule has 2 unspecified atom stereocenters. The Kier molecular flexibility index (Phi) is 7.60. The number of nitrogens with zero attached hydrogens (tertiary/aromatic N) is 3. The number of amides is 2. The summed E-state index contributed by atoms with van der Waals surface area (Å²) in [5.41, 5.74) is 0.226. The van der Waals surface area contributed by atoms with Crippen molar-refractivity contribution in [2.24, 2.45) is 11.8 Å². The fourth-order valence-corrected chi connectivity index (χ4v) is 4.37. The summed E-state index contributed by atoms with van der Waals surface area (Å²) in [4.78, 5) is 23.2. The smallest absolute Gasteiger partial charge is 0.229 e. The van der Waals surface area contributed by atoms with Crippen LogP contribution in [-0.4, -0.2) is 38.5 Å². The second kappa shape index (κ2) is 10.6. The van der Waals surface area contributed by atoms with Crippen LogP contribution in [0.5, 0.6) is 5.75 Å². The van der Waals surface area contributed by atoms with Gasteiger partial charge in [0, 0.05) is 12.3 Å². The van der Waals surface area contributed by atoms with E-state index in [9.17, 15) is 19.1 Å². The average molecular weight is 473 g/mol. The molecular weight excluding hydrogens is 439 g/mol. The molecule has 2 N–H and O–H groups in total. The van der Waals surface area contributed by atoms with E-state index in [-0.39, 0.29) is 30.0 Å². The van der Waals surface area contributed by atoms with E-state index in [0.717, 1.165) is 37.8 Å². The Morgan fingerprint density at radius 2 is 2.09 bits per heavy atom. The summed E-state index contributed by atoms with van der Waals surface area (Å²) in [6, 6.07) is 4.53. The first-order valence-corrected chi connectivity index (χ1v) is 12.2. The third-order valence-electron chi connectivity index (χ3n) is 6.92. The number of halogens is 1. The van der Waals surface area contributed by atoms with Crippen molar-refractivity contribution in [3.63, 3.8) is 0 Å². The van der Waals surface area contributed by atoms with Gasteiger partial charge in [0.15, 0.2) is 11.6 Å². The molecule has 1 aromatic heterocycles. The number of aryl methyl sites for hydroxylation is 1. The number of unbranched alkanes of at least 4 members (excludes halogenated alkanes) is 1. The maximum absolute atomic E-state index is 14.2. The van der Waals surface area contributed by atoms with Gasteiger partial charge in [-0.2, -0.15) is 0 Å². The number of piperidine rings is 1. The number of carbonyl (C=O) groups excluding carboxylic acids is 2. The molecule has 4 rings (SSSR count). The van der Waals surface area contributed by atoms with E-state index in [4.69, 9.17) is 4.74 Å². The number of hydrogen-bond acceptors (Lipinski definition) is 6. The Morgan fingerprint density at radius 1 is 1.26 bits per heavy atom. The van der Waals surface area contributed by atoms with Gasteiger partial charge in [-0.1, -0.05) is 24.6 Å². The zero-order chi connectivity index (χ0) is 24.1. The molecule has 2 aromatic rings. The van der Waals surface area contributed by atoms with Gasteiger partial charge in [0.1, 0.15) is 5.60 Å². The zero-order valence-electron chi connectivity index (χ0n) is 19.6. The van der Waals surface area contributed by atoms with Crippen LogP contribution < -0.4 is 10.1 Å². The van der Waals surface area contributed by atoms with Gasteiger partial charge < -0.3 is 9.84 Å². The quantitative estimate of drug-likeness (QED) is 0.363. The lowest BCUT2D eigenvalue weighted by Crippen LogP contribution is -2.40. The van der Waals surface area contributed by atoms with Crippen molar-refractivity contribution in [2.45, 2.75) is 76.9 Å². The molecule has 2 fully saturated rings. The molecule has 1 saturated carbocycles. The Balaban J connectivity index is 1.35. The van der Waals surface area contributed by atoms with Gasteiger partial charge in [0.25, 0.3) is 0 Å². The third kappa shape index (κ3) is 6.00. The number of rotatable bonds is 12. The SMILES string of the molecule is CCC(O)(Cn1nncc1CCCCC1CCC(=O)NC1=O)c1ccc(F)c(OCC2CC2)c1. The Morgan fingerprint density at radius 3 is 2.82 bits per heavy atom. The van der Waals surface area contributed by atoms with Crippen LogP contribution in [0.15, 0.2) is 24.4 Å². The summed E-state index contributed by atoms with van der Waals surface area (Å²) in [6.45, 7) is 2.57. The van der Waals surface area contributed by atoms with E-state index < -0.39 is 11.4 Å². The Bertz CT molecular complexity index is 1020. The molecular formula is C25H33FN4O4. The van der Waals surface area contributed by atoms with Gasteiger partial charge in [-0.25, -0.2) is 9.07 Å². The highest BCUT2D eigenvalue weighted by atomic mass is 19.1. The molecule has 9 heteroatoms. The molecule has 184 valence electrons. The van der Waals surface area contributed by atoms with Crippen molar-refractivity contribution in [2.75, 3.05) is 6.61 Å². The molecule has 0 radical (unpaired) electrons. The molecule has 1 aromatic carbocycles. The second-order valence-corrected chi connectivity index (χ2v) is 9.56. The number of carbonyl (C=O) groups is 2. The zero-order valence-corrected chi connectivity index (χ0v) is 19.6. The van der Waals surface area contributed by atoms with Gasteiger partial charge in [0.05, 0.1) is 25.0 Å². The number of nitrogens with one attached hydrogen (secondary N) is 1. The molecule has 2 heterocycles. The molecule has 34 heavy (non-hydrogen) atoms. The minimum Gasteiger partial charge on any atom is -0.490 e. The van der Waals surface area contributed by atoms with Gasteiger partial charge in [-0.3, -0.25) is 14.9 Å². The summed E-state index contributed by atoms with van der Waals surface area (Å²) in [7, 11) is 0. The maximum Gasteiger partial charge on any atom is 0.229 e. The number of ether oxygens (including phenoxy) is 1. The number of hydrogen-bond donors (Lipinski definition) is 2. The van der Waals surface area contributed by atoms with Gasteiger partial charge >= 0.3 is 0 Å². The first kappa shape index (κ1) is 24.3. The van der Waals surface area contributed by atoms with Crippen LogP contribution in [0.4, 0.5) is 4.39 Å². The van der Waals surface area contributed by atoms with E-state index in [1.54, 1.807) is 23.0 Å². The molecule has 1 aliphatic heterocycles. The minimum absolute atomic E-state index is 0.110. The Hall–Kier alpha value is -2.81. The predicted octanol–water partition coefficient (Wildman–Crippen LogP) is 3.27. The number of benzene rings is 1. The summed E-state index contributed by atoms with van der Waals surface area (Å²) >= 11 is 0. The van der Waals surface area contributed by atoms with Gasteiger partial charge in [0.2, 0.25) is 11.8 Å². The highest BCUT2D eigenvalue weighted by Crippen LogP contribution is 2.34. The fourth-order valence-electron chi connectivity index (χ4n) is 4.37. The second-order valence-electron chi connectivity index (χ2n) is 9.56. The van der Waals surface area contributed by atoms with Crippen LogP contribution in [0, 0.1) is 17.7 Å². The molecule has 1 saturated heterocycles. The fraction of sp³-hybridized carbons (Fsp3) is 0.600. The van der Waals surface area contributed by atoms with Crippen LogP contribution in [0.1, 0.15) is 69.5 Å². The van der Waals surface area contributed by atoms with E-state index in [0.29, 0.717) is 43.8 Å². The minimum atomic E-state index is -1.25. The van der Waals surface area contributed by atoms with E-state index in [2.05, 4.69) is 15.6 Å². The third-order valence-corrected chi connectivity index (χ3v) is 6.92. The van der Waals surface area contributed by atoms with Crippen molar-refractivity contribution in [1.82, 2.24) is 20.3 Å². The lowest BCUT2D eigenvalue weighted by molar-refractivity contribution is -0.136. The summed E-state index contributed by atoms with van der Waals surface area (Å²) in [5.74, 6) is -0.233. The van der Waals surface area contributed by atoms with Crippen molar-refractivity contribution in [3.8, 4) is 5.75 Å². The van der Waals surface area contributed by atoms with Crippen molar-refractivity contribution in [3.05, 3.63) is 41.5 Å². The van der Waals surface area contributed by atoms with Crippen LogP contribution in [0.3, 0.4) is 0 Å². The topological polar surface area (TPSA) is 106 Å². The highest BCUT2D eigenvalue weighted by Gasteiger charge is 2.31. The summed E-state index contributed by atoms with van der Waals surface area (Å²) in [5, 5.41) is 22.0. The number of aromatic nitrogens is 3. The van der Waals surface area contributed by atoms with Gasteiger partial charge in [-0.15, -0.1) is 5.10 Å². The molecule has 2 amide bonds. The van der Waals surface area contributed by atoms with Crippen molar-refractivity contribution in [1.29, 1.82) is 0 Å². The lowest BCUT2D eigenvalue weighted by Gasteiger charge is -2.28. The molecule has 0 spiro atoms. The molecule has 8 nitrogen and oxygen atoms in total. The van der Waals surface area contributed by atoms with Crippen molar-refractivity contribution >= 4 is 11.8 Å². The number of aliphatic hydroxyl groups is 1. The summed E-state index contributed by atoms with van der Waals surface area (Å²) < 4.78 is 21.6. The monoisotopic (exact) mass is 472 g/mol. The van der Waals surface area contributed by atoms with Crippen LogP contribution in [0.25, 0.3) is 0 Å². The predicted molar refractivity (Wildman–Crippen MR) is 122 cm³/mol. The van der Waals surface area contributed by atoms with Gasteiger partial charge in [-0.05, 0) is 68.6 Å². The summed E-state index contributed by atoms with van der Waals surface area (Å²) in [6.07, 6.45) is 8.47. The lowest BCUT2D eigenvalue weighted by atomic mass is 9.90. The molecule has 2 aliphatic rings. The van der Waals surface area contributed by atoms with E-state index in [1.165, 1.54) is 6.07 Å². The largest absolute Gasteiger partial charge is 0.490 e. The first-order chi connectivity index (χ1) is 16.4. The average Bonchev–Trinajstić information content (AvgIpc) is 3.55. The molecule has 1 aliphatic carbocycles. The Labute approximate surface area is 198 Å². The van der Waals surface area contributed by atoms with Crippen LogP contribution >= 0.6 is 0 Å². The normalized spacial score (nSPS) is 20.1. The number of imide groups is 1. The van der Waals surface area contributed by atoms with Crippen LogP contribution in [0.2, 0.25) is 0 Å².